The number of hydrogen-bond donors (Lipinski definition) is 2. The first-order chi connectivity index (χ1) is 16.9. The number of rotatable bonds is 7. The summed E-state index contributed by atoms with van der Waals surface area (Å²) in [5.74, 6) is -0.440. The third-order valence-electron chi connectivity index (χ3n) is 4.91. The molecule has 35 heavy (non-hydrogen) atoms. The molecule has 0 saturated heterocycles. The lowest BCUT2D eigenvalue weighted by Gasteiger charge is -2.12. The molecule has 1 aromatic carbocycles. The Labute approximate surface area is 204 Å². The van der Waals surface area contributed by atoms with E-state index in [0.717, 1.165) is 0 Å². The van der Waals surface area contributed by atoms with Gasteiger partial charge < -0.3 is 20.4 Å². The van der Waals surface area contributed by atoms with Gasteiger partial charge in [0, 0.05) is 42.8 Å². The highest BCUT2D eigenvalue weighted by Crippen LogP contribution is 2.31. The molecule has 0 aliphatic carbocycles. The molecule has 176 valence electrons. The lowest BCUT2D eigenvalue weighted by atomic mass is 10.0. The molecule has 10 heteroatoms. The quantitative estimate of drug-likeness (QED) is 0.355. The minimum atomic E-state index is -0.628. The normalized spacial score (nSPS) is 10.6. The van der Waals surface area contributed by atoms with Crippen LogP contribution in [0.3, 0.4) is 0 Å². The van der Waals surface area contributed by atoms with E-state index in [4.69, 9.17) is 22.1 Å². The van der Waals surface area contributed by atoms with Gasteiger partial charge >= 0.3 is 0 Å². The highest BCUT2D eigenvalue weighted by atomic mass is 35.5. The van der Waals surface area contributed by atoms with Crippen LogP contribution >= 0.6 is 11.6 Å². The number of nitrogens with one attached hydrogen (secondary N) is 1. The highest BCUT2D eigenvalue weighted by molar-refractivity contribution is 6.34. The van der Waals surface area contributed by atoms with E-state index in [1.54, 1.807) is 29.0 Å². The van der Waals surface area contributed by atoms with Crippen molar-refractivity contribution in [2.75, 3.05) is 11.1 Å². The molecule has 0 unspecified atom stereocenters. The van der Waals surface area contributed by atoms with Crippen LogP contribution in [0.4, 0.5) is 15.9 Å². The summed E-state index contributed by atoms with van der Waals surface area (Å²) in [4.78, 5) is 34.1. The van der Waals surface area contributed by atoms with Gasteiger partial charge in [-0.15, -0.1) is 6.58 Å². The van der Waals surface area contributed by atoms with Crippen LogP contribution < -0.4 is 21.2 Å². The number of nitrogens with two attached hydrogens (primary N) is 1. The molecule has 1 amide bonds. The number of nitrogens with zero attached hydrogens (tertiary/aromatic N) is 3. The number of amides is 1. The van der Waals surface area contributed by atoms with Crippen LogP contribution in [0.25, 0.3) is 11.1 Å². The van der Waals surface area contributed by atoms with Crippen molar-refractivity contribution in [3.8, 4) is 22.8 Å². The molecule has 0 fully saturated rings. The van der Waals surface area contributed by atoms with Crippen LogP contribution in [0.15, 0.2) is 84.7 Å². The molecule has 3 N–H and O–H groups in total. The van der Waals surface area contributed by atoms with Gasteiger partial charge in [0.1, 0.15) is 22.2 Å². The minimum absolute atomic E-state index is 0.0898. The van der Waals surface area contributed by atoms with E-state index in [1.165, 1.54) is 48.9 Å². The van der Waals surface area contributed by atoms with Crippen molar-refractivity contribution >= 4 is 29.0 Å². The average molecular weight is 492 g/mol. The Morgan fingerprint density at radius 3 is 2.63 bits per heavy atom. The number of halogens is 2. The van der Waals surface area contributed by atoms with Crippen LogP contribution in [0, 0.1) is 5.82 Å². The van der Waals surface area contributed by atoms with Crippen molar-refractivity contribution in [1.29, 1.82) is 0 Å². The molecule has 0 saturated carbocycles. The van der Waals surface area contributed by atoms with Crippen molar-refractivity contribution in [3.05, 3.63) is 107 Å². The maximum atomic E-state index is 13.4. The molecule has 0 aliphatic heterocycles. The predicted octanol–water partition coefficient (Wildman–Crippen LogP) is 4.91. The summed E-state index contributed by atoms with van der Waals surface area (Å²) in [6.07, 6.45) is 7.49. The van der Waals surface area contributed by atoms with E-state index in [2.05, 4.69) is 21.9 Å². The van der Waals surface area contributed by atoms with Gasteiger partial charge in [0.25, 0.3) is 5.91 Å². The molecule has 0 aliphatic rings. The van der Waals surface area contributed by atoms with Crippen LogP contribution in [0.5, 0.6) is 11.6 Å². The number of hydrogen-bond acceptors (Lipinski definition) is 6. The zero-order valence-corrected chi connectivity index (χ0v) is 19.0. The Hall–Kier alpha value is -4.50. The first-order valence-electron chi connectivity index (χ1n) is 10.3. The fraction of sp³-hybridized carbons (Fsp3) is 0.0400. The zero-order chi connectivity index (χ0) is 24.9. The fourth-order valence-corrected chi connectivity index (χ4v) is 3.38. The van der Waals surface area contributed by atoms with Gasteiger partial charge in [0.05, 0.1) is 11.9 Å². The molecule has 0 spiro atoms. The molecule has 0 atom stereocenters. The summed E-state index contributed by atoms with van der Waals surface area (Å²) in [6, 6.07) is 10.1. The van der Waals surface area contributed by atoms with E-state index in [0.29, 0.717) is 17.8 Å². The summed E-state index contributed by atoms with van der Waals surface area (Å²) in [7, 11) is 0. The highest BCUT2D eigenvalue weighted by Gasteiger charge is 2.17. The smallest absolute Gasteiger partial charge is 0.261 e. The number of aromatic nitrogens is 3. The topological polar surface area (TPSA) is 112 Å². The Morgan fingerprint density at radius 2 is 1.94 bits per heavy atom. The van der Waals surface area contributed by atoms with Crippen molar-refractivity contribution in [1.82, 2.24) is 14.5 Å². The molecule has 0 radical (unpaired) electrons. The van der Waals surface area contributed by atoms with Crippen molar-refractivity contribution in [2.45, 2.75) is 6.54 Å². The molecular weight excluding hydrogens is 473 g/mol. The van der Waals surface area contributed by atoms with Crippen LogP contribution in [0.1, 0.15) is 10.4 Å². The van der Waals surface area contributed by atoms with E-state index in [1.807, 2.05) is 0 Å². The second-order valence-electron chi connectivity index (χ2n) is 7.36. The van der Waals surface area contributed by atoms with E-state index in [-0.39, 0.29) is 33.6 Å². The van der Waals surface area contributed by atoms with Gasteiger partial charge in [-0.05, 0) is 23.8 Å². The number of anilines is 2. The molecule has 3 aromatic heterocycles. The maximum Gasteiger partial charge on any atom is 0.261 e. The Morgan fingerprint density at radius 1 is 1.17 bits per heavy atom. The number of allylic oxidation sites excluding steroid dienone is 1. The van der Waals surface area contributed by atoms with Gasteiger partial charge in [-0.25, -0.2) is 14.4 Å². The Balaban J connectivity index is 1.58. The first kappa shape index (κ1) is 23.7. The van der Waals surface area contributed by atoms with Crippen molar-refractivity contribution < 1.29 is 13.9 Å². The van der Waals surface area contributed by atoms with Crippen LogP contribution in [-0.4, -0.2) is 20.4 Å². The second kappa shape index (κ2) is 10.2. The summed E-state index contributed by atoms with van der Waals surface area (Å²) in [5, 5.41) is 2.81. The van der Waals surface area contributed by atoms with Gasteiger partial charge in [-0.2, -0.15) is 0 Å². The van der Waals surface area contributed by atoms with Crippen molar-refractivity contribution in [2.24, 2.45) is 0 Å². The fourth-order valence-electron chi connectivity index (χ4n) is 3.23. The Bertz CT molecular complexity index is 1450. The largest absolute Gasteiger partial charge is 0.437 e. The number of nitrogen functional groups attached to an aromatic ring is 1. The molecule has 4 aromatic rings. The van der Waals surface area contributed by atoms with E-state index < -0.39 is 17.2 Å². The number of carbonyl (C=O) groups excluding carboxylic acids is 1. The van der Waals surface area contributed by atoms with E-state index >= 15 is 0 Å². The molecule has 0 bridgehead atoms. The monoisotopic (exact) mass is 491 g/mol. The average Bonchev–Trinajstić information content (AvgIpc) is 2.85. The lowest BCUT2D eigenvalue weighted by molar-refractivity contribution is 0.102. The lowest BCUT2D eigenvalue weighted by Crippen LogP contribution is -2.24. The first-order valence-corrected chi connectivity index (χ1v) is 10.7. The van der Waals surface area contributed by atoms with Gasteiger partial charge in [0.2, 0.25) is 11.3 Å². The predicted molar refractivity (Wildman–Crippen MR) is 132 cm³/mol. The number of benzene rings is 1. The van der Waals surface area contributed by atoms with Gasteiger partial charge in [-0.3, -0.25) is 9.59 Å². The summed E-state index contributed by atoms with van der Waals surface area (Å²) in [5.41, 5.74) is 6.17. The number of pyridine rings is 3. The number of ether oxygens (including phenoxy) is 1. The SMILES string of the molecule is C=CCn1cc(C(=O)Nc2ccc(Oc3ccnc(N)c3Cl)nc2)c(=O)c(-c2ccc(F)cc2)c1. The minimum Gasteiger partial charge on any atom is -0.437 e. The van der Waals surface area contributed by atoms with Crippen LogP contribution in [-0.2, 0) is 6.54 Å². The molecule has 8 nitrogen and oxygen atoms in total. The molecule has 3 heterocycles. The van der Waals surface area contributed by atoms with Gasteiger partial charge in [0.15, 0.2) is 5.75 Å². The third-order valence-corrected chi connectivity index (χ3v) is 5.29. The van der Waals surface area contributed by atoms with Crippen molar-refractivity contribution in [3.63, 3.8) is 0 Å². The summed E-state index contributed by atoms with van der Waals surface area (Å²) < 4.78 is 20.6. The standard InChI is InChI=1S/C25H19ClFN5O3/c1-2-11-32-13-18(15-3-5-16(27)6-4-15)23(33)19(14-32)25(34)31-17-7-8-21(30-12-17)35-20-9-10-29-24(28)22(20)26/h2-10,12-14H,1,11H2,(H2,28,29)(H,31,34). The number of carbonyl (C=O) groups is 1. The van der Waals surface area contributed by atoms with E-state index in [9.17, 15) is 14.0 Å². The molecule has 4 rings (SSSR count). The second-order valence-corrected chi connectivity index (χ2v) is 7.73. The zero-order valence-electron chi connectivity index (χ0n) is 18.2. The van der Waals surface area contributed by atoms with Gasteiger partial charge in [-0.1, -0.05) is 29.8 Å². The maximum absolute atomic E-state index is 13.4. The molecular formula is C25H19ClFN5O3. The third kappa shape index (κ3) is 5.36. The Kier molecular flexibility index (Phi) is 6.88. The summed E-state index contributed by atoms with van der Waals surface area (Å²) >= 11 is 6.07. The summed E-state index contributed by atoms with van der Waals surface area (Å²) in [6.45, 7) is 4.06. The van der Waals surface area contributed by atoms with Crippen LogP contribution in [0.2, 0.25) is 5.02 Å².